The summed E-state index contributed by atoms with van der Waals surface area (Å²) < 4.78 is 0. The molecule has 1 heteroatoms. The largest absolute Gasteiger partial charge is 0.310 e. The van der Waals surface area contributed by atoms with Crippen molar-refractivity contribution >= 4 is 0 Å². The lowest BCUT2D eigenvalue weighted by molar-refractivity contribution is 0.481. The molecule has 1 N–H and O–H groups in total. The van der Waals surface area contributed by atoms with E-state index in [0.29, 0.717) is 6.04 Å². The van der Waals surface area contributed by atoms with Gasteiger partial charge in [-0.05, 0) is 49.3 Å². The average Bonchev–Trinajstić information content (AvgIpc) is 3.14. The molecule has 2 rings (SSSR count). The molecule has 0 spiro atoms. The van der Waals surface area contributed by atoms with Gasteiger partial charge in [-0.1, -0.05) is 38.1 Å². The fraction of sp³-hybridized carbons (Fsp3) is 0.600. The van der Waals surface area contributed by atoms with Crippen LogP contribution in [0.15, 0.2) is 24.3 Å². The maximum absolute atomic E-state index is 3.70. The van der Waals surface area contributed by atoms with E-state index in [1.165, 1.54) is 30.4 Å². The Morgan fingerprint density at radius 3 is 2.75 bits per heavy atom. The lowest BCUT2D eigenvalue weighted by atomic mass is 9.99. The monoisotopic (exact) mass is 217 g/mol. The van der Waals surface area contributed by atoms with E-state index in [0.717, 1.165) is 18.9 Å². The lowest BCUT2D eigenvalue weighted by Crippen LogP contribution is -2.23. The minimum atomic E-state index is 0.603. The van der Waals surface area contributed by atoms with Crippen molar-refractivity contribution in [1.82, 2.24) is 5.32 Å². The zero-order valence-corrected chi connectivity index (χ0v) is 10.5. The zero-order valence-electron chi connectivity index (χ0n) is 10.5. The molecule has 1 aromatic carbocycles. The van der Waals surface area contributed by atoms with E-state index < -0.39 is 0 Å². The van der Waals surface area contributed by atoms with Crippen LogP contribution in [-0.4, -0.2) is 6.54 Å². The molecule has 0 aromatic heterocycles. The van der Waals surface area contributed by atoms with Crippen molar-refractivity contribution in [2.75, 3.05) is 6.54 Å². The van der Waals surface area contributed by atoms with E-state index in [2.05, 4.69) is 43.4 Å². The number of rotatable bonds is 6. The smallest absolute Gasteiger partial charge is 0.0348 e. The first-order valence-corrected chi connectivity index (χ1v) is 6.67. The molecular formula is C15H23N. The Morgan fingerprint density at radius 1 is 1.31 bits per heavy atom. The molecule has 0 heterocycles. The molecule has 88 valence electrons. The lowest BCUT2D eigenvalue weighted by Gasteiger charge is -2.19. The molecule has 1 aliphatic carbocycles. The maximum atomic E-state index is 3.70. The van der Waals surface area contributed by atoms with E-state index in [4.69, 9.17) is 0 Å². The third-order valence-electron chi connectivity index (χ3n) is 3.43. The fourth-order valence-corrected chi connectivity index (χ4v) is 2.29. The Morgan fingerprint density at radius 2 is 2.12 bits per heavy atom. The number of aryl methyl sites for hydroxylation is 1. The van der Waals surface area contributed by atoms with Gasteiger partial charge in [0.25, 0.3) is 0 Å². The molecule has 0 aliphatic heterocycles. The summed E-state index contributed by atoms with van der Waals surface area (Å²) in [4.78, 5) is 0. The Labute approximate surface area is 99.3 Å². The second kappa shape index (κ2) is 5.49. The van der Waals surface area contributed by atoms with E-state index >= 15 is 0 Å². The molecule has 1 unspecified atom stereocenters. The van der Waals surface area contributed by atoms with Crippen molar-refractivity contribution in [3.63, 3.8) is 0 Å². The number of hydrogen-bond donors (Lipinski definition) is 1. The second-order valence-electron chi connectivity index (χ2n) is 4.87. The van der Waals surface area contributed by atoms with Crippen LogP contribution in [0.4, 0.5) is 0 Å². The van der Waals surface area contributed by atoms with Crippen LogP contribution >= 0.6 is 0 Å². The SMILES string of the molecule is CCCNC(c1cccc(CC)c1)C1CC1. The summed E-state index contributed by atoms with van der Waals surface area (Å²) in [6.07, 6.45) is 5.16. The molecular weight excluding hydrogens is 194 g/mol. The number of benzene rings is 1. The maximum Gasteiger partial charge on any atom is 0.0348 e. The van der Waals surface area contributed by atoms with E-state index in [1.807, 2.05) is 0 Å². The first kappa shape index (κ1) is 11.7. The van der Waals surface area contributed by atoms with Crippen molar-refractivity contribution in [2.24, 2.45) is 5.92 Å². The van der Waals surface area contributed by atoms with Gasteiger partial charge in [-0.15, -0.1) is 0 Å². The minimum absolute atomic E-state index is 0.603. The highest BCUT2D eigenvalue weighted by Crippen LogP contribution is 2.41. The predicted octanol–water partition coefficient (Wildman–Crippen LogP) is 3.70. The van der Waals surface area contributed by atoms with Gasteiger partial charge in [-0.25, -0.2) is 0 Å². The molecule has 1 saturated carbocycles. The van der Waals surface area contributed by atoms with Crippen LogP contribution in [0.1, 0.15) is 50.3 Å². The average molecular weight is 217 g/mol. The Balaban J connectivity index is 2.10. The summed E-state index contributed by atoms with van der Waals surface area (Å²) in [5.41, 5.74) is 2.96. The molecule has 1 fully saturated rings. The van der Waals surface area contributed by atoms with Crippen LogP contribution in [0, 0.1) is 5.92 Å². The van der Waals surface area contributed by atoms with E-state index in [9.17, 15) is 0 Å². The molecule has 0 amide bonds. The summed E-state index contributed by atoms with van der Waals surface area (Å²) >= 11 is 0. The predicted molar refractivity (Wildman–Crippen MR) is 69.6 cm³/mol. The van der Waals surface area contributed by atoms with Crippen LogP contribution in [0.3, 0.4) is 0 Å². The molecule has 0 bridgehead atoms. The molecule has 1 aliphatic rings. The van der Waals surface area contributed by atoms with Crippen molar-refractivity contribution in [3.8, 4) is 0 Å². The van der Waals surface area contributed by atoms with Gasteiger partial charge in [0.2, 0.25) is 0 Å². The number of hydrogen-bond acceptors (Lipinski definition) is 1. The topological polar surface area (TPSA) is 12.0 Å². The standard InChI is InChI=1S/C15H23N/c1-3-10-16-15(13-8-9-13)14-7-5-6-12(4-2)11-14/h5-7,11,13,15-16H,3-4,8-10H2,1-2H3. The third-order valence-corrected chi connectivity index (χ3v) is 3.43. The van der Waals surface area contributed by atoms with Crippen LogP contribution in [0.25, 0.3) is 0 Å². The quantitative estimate of drug-likeness (QED) is 0.766. The highest BCUT2D eigenvalue weighted by Gasteiger charge is 2.31. The van der Waals surface area contributed by atoms with Gasteiger partial charge in [0.05, 0.1) is 0 Å². The second-order valence-corrected chi connectivity index (χ2v) is 4.87. The minimum Gasteiger partial charge on any atom is -0.310 e. The summed E-state index contributed by atoms with van der Waals surface area (Å²) in [5.74, 6) is 0.888. The molecule has 16 heavy (non-hydrogen) atoms. The highest BCUT2D eigenvalue weighted by atomic mass is 14.9. The molecule has 1 aromatic rings. The normalized spacial score (nSPS) is 17.4. The van der Waals surface area contributed by atoms with E-state index in [-0.39, 0.29) is 0 Å². The summed E-state index contributed by atoms with van der Waals surface area (Å²) in [6, 6.07) is 9.70. The van der Waals surface area contributed by atoms with Crippen molar-refractivity contribution in [1.29, 1.82) is 0 Å². The van der Waals surface area contributed by atoms with Crippen LogP contribution in [0.2, 0.25) is 0 Å². The van der Waals surface area contributed by atoms with Gasteiger partial charge in [-0.3, -0.25) is 0 Å². The van der Waals surface area contributed by atoms with E-state index in [1.54, 1.807) is 0 Å². The van der Waals surface area contributed by atoms with Crippen molar-refractivity contribution in [2.45, 2.75) is 45.6 Å². The Kier molecular flexibility index (Phi) is 4.00. The molecule has 0 radical (unpaired) electrons. The van der Waals surface area contributed by atoms with Crippen molar-refractivity contribution < 1.29 is 0 Å². The number of nitrogens with one attached hydrogen (secondary N) is 1. The zero-order chi connectivity index (χ0) is 11.4. The van der Waals surface area contributed by atoms with Gasteiger partial charge in [0.15, 0.2) is 0 Å². The van der Waals surface area contributed by atoms with Crippen molar-refractivity contribution in [3.05, 3.63) is 35.4 Å². The summed E-state index contributed by atoms with van der Waals surface area (Å²) in [5, 5.41) is 3.70. The first-order valence-electron chi connectivity index (χ1n) is 6.67. The van der Waals surface area contributed by atoms with Gasteiger partial charge in [0, 0.05) is 6.04 Å². The fourth-order valence-electron chi connectivity index (χ4n) is 2.29. The third kappa shape index (κ3) is 2.85. The van der Waals surface area contributed by atoms with Crippen LogP contribution in [-0.2, 0) is 6.42 Å². The molecule has 0 saturated heterocycles. The van der Waals surface area contributed by atoms with Crippen LogP contribution in [0.5, 0.6) is 0 Å². The Hall–Kier alpha value is -0.820. The highest BCUT2D eigenvalue weighted by molar-refractivity contribution is 5.27. The van der Waals surface area contributed by atoms with Gasteiger partial charge >= 0.3 is 0 Å². The first-order chi connectivity index (χ1) is 7.85. The summed E-state index contributed by atoms with van der Waals surface area (Å²) in [7, 11) is 0. The molecule has 1 nitrogen and oxygen atoms in total. The van der Waals surface area contributed by atoms with Gasteiger partial charge in [0.1, 0.15) is 0 Å². The summed E-state index contributed by atoms with van der Waals surface area (Å²) in [6.45, 7) is 5.60. The van der Waals surface area contributed by atoms with Gasteiger partial charge in [-0.2, -0.15) is 0 Å². The Bertz CT molecular complexity index is 328. The molecule has 1 atom stereocenters. The van der Waals surface area contributed by atoms with Gasteiger partial charge < -0.3 is 5.32 Å². The van der Waals surface area contributed by atoms with Crippen LogP contribution < -0.4 is 5.32 Å².